The highest BCUT2D eigenvalue weighted by molar-refractivity contribution is 7.92. The van der Waals surface area contributed by atoms with Gasteiger partial charge in [-0.15, -0.1) is 0 Å². The zero-order chi connectivity index (χ0) is 20.1. The van der Waals surface area contributed by atoms with Crippen molar-refractivity contribution in [3.8, 4) is 5.75 Å². The summed E-state index contributed by atoms with van der Waals surface area (Å²) in [5.41, 5.74) is -0.0235. The number of amides is 1. The molecule has 0 saturated heterocycles. The highest BCUT2D eigenvalue weighted by Crippen LogP contribution is 2.35. The lowest BCUT2D eigenvalue weighted by atomic mass is 10.2. The van der Waals surface area contributed by atoms with E-state index in [0.29, 0.717) is 11.3 Å². The Labute approximate surface area is 154 Å². The molecule has 0 aliphatic rings. The molecular formula is C17H17F3N2O4S. The number of para-hydroxylation sites is 1. The van der Waals surface area contributed by atoms with E-state index in [1.165, 1.54) is 18.2 Å². The number of ether oxygens (including phenoxy) is 1. The van der Waals surface area contributed by atoms with Crippen LogP contribution >= 0.6 is 0 Å². The van der Waals surface area contributed by atoms with Crippen molar-refractivity contribution in [3.63, 3.8) is 0 Å². The molecule has 1 amide bonds. The summed E-state index contributed by atoms with van der Waals surface area (Å²) < 4.78 is 68.3. The quantitative estimate of drug-likeness (QED) is 0.746. The van der Waals surface area contributed by atoms with E-state index in [9.17, 15) is 26.4 Å². The number of anilines is 1. The fourth-order valence-electron chi connectivity index (χ4n) is 2.18. The van der Waals surface area contributed by atoms with Gasteiger partial charge in [0.1, 0.15) is 5.75 Å². The first kappa shape index (κ1) is 20.6. The Kier molecular flexibility index (Phi) is 6.32. The summed E-state index contributed by atoms with van der Waals surface area (Å²) in [4.78, 5) is 11.8. The van der Waals surface area contributed by atoms with Gasteiger partial charge in [0.15, 0.2) is 6.61 Å². The number of carbonyl (C=O) groups is 1. The van der Waals surface area contributed by atoms with Gasteiger partial charge in [0.2, 0.25) is 10.0 Å². The lowest BCUT2D eigenvalue weighted by molar-refractivity contribution is -0.139. The number of carbonyl (C=O) groups excluding carboxylic acids is 1. The Hall–Kier alpha value is -2.75. The summed E-state index contributed by atoms with van der Waals surface area (Å²) in [6.07, 6.45) is -3.57. The standard InChI is InChI=1S/C17H17F3N2O4S/c1-27(24,25)22-13-6-4-5-12(9-13)10-21-16(23)11-26-15-8-3-2-7-14(15)17(18,19)20/h2-9,22H,10-11H2,1H3,(H,21,23). The number of halogens is 3. The van der Waals surface area contributed by atoms with Crippen molar-refractivity contribution >= 4 is 21.6 Å². The molecule has 2 aromatic carbocycles. The fraction of sp³-hybridized carbons (Fsp3) is 0.235. The maximum Gasteiger partial charge on any atom is 0.419 e. The third-order valence-electron chi connectivity index (χ3n) is 3.27. The van der Waals surface area contributed by atoms with Gasteiger partial charge < -0.3 is 10.1 Å². The monoisotopic (exact) mass is 402 g/mol. The molecule has 27 heavy (non-hydrogen) atoms. The lowest BCUT2D eigenvalue weighted by Crippen LogP contribution is -2.28. The third-order valence-corrected chi connectivity index (χ3v) is 3.88. The van der Waals surface area contributed by atoms with Crippen LogP contribution in [0.4, 0.5) is 18.9 Å². The van der Waals surface area contributed by atoms with Crippen LogP contribution in [-0.4, -0.2) is 27.2 Å². The molecule has 0 unspecified atom stereocenters. The van der Waals surface area contributed by atoms with E-state index in [0.717, 1.165) is 18.4 Å². The zero-order valence-electron chi connectivity index (χ0n) is 14.2. The Balaban J connectivity index is 1.92. The second-order valence-corrected chi connectivity index (χ2v) is 7.38. The summed E-state index contributed by atoms with van der Waals surface area (Å²) in [7, 11) is -3.43. The van der Waals surface area contributed by atoms with E-state index in [4.69, 9.17) is 4.74 Å². The van der Waals surface area contributed by atoms with Crippen LogP contribution in [0.15, 0.2) is 48.5 Å². The van der Waals surface area contributed by atoms with Gasteiger partial charge >= 0.3 is 6.18 Å². The van der Waals surface area contributed by atoms with Crippen molar-refractivity contribution in [2.24, 2.45) is 0 Å². The van der Waals surface area contributed by atoms with Crippen LogP contribution < -0.4 is 14.8 Å². The number of benzene rings is 2. The third kappa shape index (κ3) is 6.81. The largest absolute Gasteiger partial charge is 0.483 e. The molecule has 6 nitrogen and oxygen atoms in total. The van der Waals surface area contributed by atoms with Gasteiger partial charge in [-0.1, -0.05) is 24.3 Å². The molecule has 0 radical (unpaired) electrons. The molecule has 0 aliphatic carbocycles. The van der Waals surface area contributed by atoms with Crippen molar-refractivity contribution in [2.75, 3.05) is 17.6 Å². The maximum atomic E-state index is 12.9. The molecule has 0 saturated carbocycles. The predicted octanol–water partition coefficient (Wildman–Crippen LogP) is 2.77. The minimum Gasteiger partial charge on any atom is -0.483 e. The number of rotatable bonds is 7. The first-order valence-corrected chi connectivity index (χ1v) is 9.56. The number of nitrogens with one attached hydrogen (secondary N) is 2. The number of sulfonamides is 1. The molecule has 0 heterocycles. The van der Waals surface area contributed by atoms with Crippen LogP contribution in [0.5, 0.6) is 5.75 Å². The Morgan fingerprint density at radius 2 is 1.81 bits per heavy atom. The van der Waals surface area contributed by atoms with E-state index in [2.05, 4.69) is 10.0 Å². The van der Waals surface area contributed by atoms with Crippen LogP contribution in [0, 0.1) is 0 Å². The highest BCUT2D eigenvalue weighted by atomic mass is 32.2. The van der Waals surface area contributed by atoms with Crippen LogP contribution in [0.1, 0.15) is 11.1 Å². The molecule has 0 atom stereocenters. The van der Waals surface area contributed by atoms with E-state index < -0.39 is 40.0 Å². The van der Waals surface area contributed by atoms with Crippen molar-refractivity contribution in [3.05, 3.63) is 59.7 Å². The minimum absolute atomic E-state index is 0.0579. The van der Waals surface area contributed by atoms with Crippen LogP contribution in [0.3, 0.4) is 0 Å². The van der Waals surface area contributed by atoms with E-state index in [1.807, 2.05) is 0 Å². The van der Waals surface area contributed by atoms with Crippen molar-refractivity contribution < 1.29 is 31.1 Å². The molecule has 2 rings (SSSR count). The van der Waals surface area contributed by atoms with Gasteiger partial charge in [0.25, 0.3) is 5.91 Å². The topological polar surface area (TPSA) is 84.5 Å². The molecule has 0 spiro atoms. The van der Waals surface area contributed by atoms with Crippen LogP contribution in [-0.2, 0) is 27.5 Å². The van der Waals surface area contributed by atoms with Gasteiger partial charge in [0, 0.05) is 12.2 Å². The minimum atomic E-state index is -4.58. The second-order valence-electron chi connectivity index (χ2n) is 5.63. The average molecular weight is 402 g/mol. The van der Waals surface area contributed by atoms with Crippen molar-refractivity contribution in [1.29, 1.82) is 0 Å². The summed E-state index contributed by atoms with van der Waals surface area (Å²) in [5, 5.41) is 2.50. The Bertz CT molecular complexity index is 914. The molecule has 2 N–H and O–H groups in total. The number of hydrogen-bond acceptors (Lipinski definition) is 4. The molecule has 2 aromatic rings. The predicted molar refractivity (Wildman–Crippen MR) is 93.7 cm³/mol. The molecule has 10 heteroatoms. The Morgan fingerprint density at radius 1 is 1.11 bits per heavy atom. The molecule has 0 bridgehead atoms. The SMILES string of the molecule is CS(=O)(=O)Nc1cccc(CNC(=O)COc2ccccc2C(F)(F)F)c1. The summed E-state index contributed by atoms with van der Waals surface area (Å²) in [5.74, 6) is -1.05. The maximum absolute atomic E-state index is 12.9. The average Bonchev–Trinajstić information content (AvgIpc) is 2.56. The smallest absolute Gasteiger partial charge is 0.419 e. The lowest BCUT2D eigenvalue weighted by Gasteiger charge is -2.13. The molecular weight excluding hydrogens is 385 g/mol. The number of hydrogen-bond donors (Lipinski definition) is 2. The number of alkyl halides is 3. The van der Waals surface area contributed by atoms with Crippen LogP contribution in [0.25, 0.3) is 0 Å². The highest BCUT2D eigenvalue weighted by Gasteiger charge is 2.34. The second kappa shape index (κ2) is 8.30. The summed E-state index contributed by atoms with van der Waals surface area (Å²) >= 11 is 0. The fourth-order valence-corrected chi connectivity index (χ4v) is 2.74. The first-order chi connectivity index (χ1) is 12.5. The molecule has 0 aliphatic heterocycles. The molecule has 0 aromatic heterocycles. The van der Waals surface area contributed by atoms with Gasteiger partial charge in [-0.2, -0.15) is 13.2 Å². The van der Waals surface area contributed by atoms with E-state index in [1.54, 1.807) is 18.2 Å². The van der Waals surface area contributed by atoms with Gasteiger partial charge in [-0.3, -0.25) is 9.52 Å². The Morgan fingerprint density at radius 3 is 2.48 bits per heavy atom. The normalized spacial score (nSPS) is 11.7. The zero-order valence-corrected chi connectivity index (χ0v) is 15.0. The molecule has 0 fully saturated rings. The van der Waals surface area contributed by atoms with Gasteiger partial charge in [-0.05, 0) is 29.8 Å². The molecule has 146 valence electrons. The van der Waals surface area contributed by atoms with E-state index in [-0.39, 0.29) is 6.54 Å². The van der Waals surface area contributed by atoms with Gasteiger partial charge in [0.05, 0.1) is 11.8 Å². The van der Waals surface area contributed by atoms with Gasteiger partial charge in [-0.25, -0.2) is 8.42 Å². The first-order valence-electron chi connectivity index (χ1n) is 7.67. The van der Waals surface area contributed by atoms with Crippen molar-refractivity contribution in [2.45, 2.75) is 12.7 Å². The van der Waals surface area contributed by atoms with E-state index >= 15 is 0 Å². The van der Waals surface area contributed by atoms with Crippen molar-refractivity contribution in [1.82, 2.24) is 5.32 Å². The summed E-state index contributed by atoms with van der Waals surface area (Å²) in [6.45, 7) is -0.531. The summed E-state index contributed by atoms with van der Waals surface area (Å²) in [6, 6.07) is 10.9. The van der Waals surface area contributed by atoms with Crippen LogP contribution in [0.2, 0.25) is 0 Å².